The first-order valence-corrected chi connectivity index (χ1v) is 14.2. The van der Waals surface area contributed by atoms with Crippen LogP contribution in [-0.4, -0.2) is 37.0 Å². The number of nitrogens with zero attached hydrogens (tertiary/aromatic N) is 1. The zero-order valence-corrected chi connectivity index (χ0v) is 22.7. The normalized spacial score (nSPS) is 11.6. The molecule has 0 aliphatic heterocycles. The molecule has 0 saturated carbocycles. The van der Waals surface area contributed by atoms with Gasteiger partial charge in [0.15, 0.2) is 5.78 Å². The quantitative estimate of drug-likeness (QED) is 0.208. The Morgan fingerprint density at radius 2 is 1.70 bits per heavy atom. The number of hydrogen-bond donors (Lipinski definition) is 2. The van der Waals surface area contributed by atoms with E-state index >= 15 is 0 Å². The van der Waals surface area contributed by atoms with Crippen LogP contribution in [0.25, 0.3) is 21.9 Å². The van der Waals surface area contributed by atoms with Gasteiger partial charge in [-0.3, -0.25) is 14.2 Å². The number of sulfonamides is 1. The molecule has 7 nitrogen and oxygen atoms in total. The maximum atomic E-state index is 13.7. The van der Waals surface area contributed by atoms with Crippen LogP contribution in [0.2, 0.25) is 0 Å². The molecule has 0 unspecified atom stereocenters. The summed E-state index contributed by atoms with van der Waals surface area (Å²) < 4.78 is 29.7. The minimum absolute atomic E-state index is 0.0831. The van der Waals surface area contributed by atoms with Crippen molar-refractivity contribution in [3.8, 4) is 11.1 Å². The van der Waals surface area contributed by atoms with Crippen LogP contribution >= 0.6 is 15.9 Å². The summed E-state index contributed by atoms with van der Waals surface area (Å²) in [6, 6.07) is 21.1. The summed E-state index contributed by atoms with van der Waals surface area (Å²) in [5.74, 6) is -0.162. The molecule has 2 N–H and O–H groups in total. The summed E-state index contributed by atoms with van der Waals surface area (Å²) in [6.07, 6.45) is 0.534. The Labute approximate surface area is 224 Å². The molecule has 1 aromatic heterocycles. The van der Waals surface area contributed by atoms with Gasteiger partial charge in [0.2, 0.25) is 10.0 Å². The Bertz CT molecular complexity index is 1600. The van der Waals surface area contributed by atoms with Gasteiger partial charge in [-0.1, -0.05) is 65.3 Å². The lowest BCUT2D eigenvalue weighted by molar-refractivity contribution is 0.0979. The fourth-order valence-corrected chi connectivity index (χ4v) is 5.69. The van der Waals surface area contributed by atoms with E-state index in [4.69, 9.17) is 5.11 Å². The Kier molecular flexibility index (Phi) is 8.39. The second-order valence-electron chi connectivity index (χ2n) is 8.57. The lowest BCUT2D eigenvalue weighted by Gasteiger charge is -2.19. The molecule has 192 valence electrons. The maximum absolute atomic E-state index is 13.7. The van der Waals surface area contributed by atoms with Crippen molar-refractivity contribution in [3.63, 3.8) is 0 Å². The topological polar surface area (TPSA) is 105 Å². The van der Waals surface area contributed by atoms with Crippen LogP contribution in [0, 0.1) is 0 Å². The predicted octanol–water partition coefficient (Wildman–Crippen LogP) is 4.73. The second kappa shape index (κ2) is 11.5. The van der Waals surface area contributed by atoms with Gasteiger partial charge in [-0.2, -0.15) is 0 Å². The zero-order chi connectivity index (χ0) is 26.6. The summed E-state index contributed by atoms with van der Waals surface area (Å²) in [4.78, 5) is 27.1. The van der Waals surface area contributed by atoms with Crippen molar-refractivity contribution in [1.29, 1.82) is 0 Å². The van der Waals surface area contributed by atoms with Crippen LogP contribution in [-0.2, 0) is 16.6 Å². The SMILES string of the molecule is CCC(=O)c1c(-c2ccccc2)c2cc(Br)ccc2c(=O)n1Cc1ccc(S(=O)(=O)NCCCO)cc1. The van der Waals surface area contributed by atoms with Crippen LogP contribution in [0.15, 0.2) is 87.0 Å². The number of aromatic nitrogens is 1. The number of aliphatic hydroxyl groups excluding tert-OH is 1. The number of benzene rings is 3. The third-order valence-corrected chi connectivity index (χ3v) is 8.05. The molecular weight excluding hydrogens is 556 g/mol. The minimum atomic E-state index is -3.72. The van der Waals surface area contributed by atoms with Crippen LogP contribution in [0.5, 0.6) is 0 Å². The van der Waals surface area contributed by atoms with E-state index in [9.17, 15) is 18.0 Å². The van der Waals surface area contributed by atoms with Crippen LogP contribution in [0.1, 0.15) is 35.8 Å². The predicted molar refractivity (Wildman–Crippen MR) is 148 cm³/mol. The van der Waals surface area contributed by atoms with Gasteiger partial charge in [-0.05, 0) is 53.3 Å². The van der Waals surface area contributed by atoms with E-state index < -0.39 is 10.0 Å². The maximum Gasteiger partial charge on any atom is 0.259 e. The van der Waals surface area contributed by atoms with E-state index in [1.54, 1.807) is 31.2 Å². The number of aliphatic hydroxyl groups is 1. The molecule has 0 bridgehead atoms. The average Bonchev–Trinajstić information content (AvgIpc) is 2.90. The molecule has 0 atom stereocenters. The molecule has 37 heavy (non-hydrogen) atoms. The molecule has 0 amide bonds. The first-order chi connectivity index (χ1) is 17.8. The highest BCUT2D eigenvalue weighted by molar-refractivity contribution is 9.10. The summed E-state index contributed by atoms with van der Waals surface area (Å²) >= 11 is 3.50. The molecule has 0 fully saturated rings. The Morgan fingerprint density at radius 3 is 2.35 bits per heavy atom. The Morgan fingerprint density at radius 1 is 1.00 bits per heavy atom. The van der Waals surface area contributed by atoms with Gasteiger partial charge in [-0.25, -0.2) is 13.1 Å². The van der Waals surface area contributed by atoms with Gasteiger partial charge < -0.3 is 5.11 Å². The van der Waals surface area contributed by atoms with Crippen molar-refractivity contribution >= 4 is 42.5 Å². The molecule has 0 aliphatic rings. The fraction of sp³-hybridized carbons (Fsp3) is 0.214. The molecule has 0 aliphatic carbocycles. The molecule has 0 radical (unpaired) electrons. The van der Waals surface area contributed by atoms with Crippen LogP contribution in [0.3, 0.4) is 0 Å². The number of nitrogens with one attached hydrogen (secondary N) is 1. The third-order valence-electron chi connectivity index (χ3n) is 6.08. The van der Waals surface area contributed by atoms with Crippen LogP contribution in [0.4, 0.5) is 0 Å². The fourth-order valence-electron chi connectivity index (χ4n) is 4.25. The molecule has 0 spiro atoms. The highest BCUT2D eigenvalue weighted by Crippen LogP contribution is 2.33. The molecule has 9 heteroatoms. The standard InChI is InChI=1S/C28H27BrN2O5S/c1-2-25(33)27-26(20-7-4-3-5-8-20)24-17-21(29)11-14-23(24)28(34)31(27)18-19-9-12-22(13-10-19)37(35,36)30-15-6-16-32/h3-5,7-14,17,30,32H,2,6,15-16,18H2,1H3. The van der Waals surface area contributed by atoms with Crippen molar-refractivity contribution in [2.75, 3.05) is 13.2 Å². The number of pyridine rings is 1. The number of Topliss-reactive ketones (excluding diaryl/α,β-unsaturated/α-hetero) is 1. The van der Waals surface area contributed by atoms with Crippen molar-refractivity contribution < 1.29 is 18.3 Å². The van der Waals surface area contributed by atoms with Crippen molar-refractivity contribution in [1.82, 2.24) is 9.29 Å². The van der Waals surface area contributed by atoms with E-state index in [0.717, 1.165) is 10.0 Å². The second-order valence-corrected chi connectivity index (χ2v) is 11.2. The number of halogens is 1. The van der Waals surface area contributed by atoms with Crippen molar-refractivity contribution in [2.24, 2.45) is 0 Å². The smallest absolute Gasteiger partial charge is 0.259 e. The molecular formula is C28H27BrN2O5S. The Balaban J connectivity index is 1.87. The summed E-state index contributed by atoms with van der Waals surface area (Å²) in [5.41, 5.74) is 2.23. The van der Waals surface area contributed by atoms with Crippen molar-refractivity contribution in [2.45, 2.75) is 31.2 Å². The number of fused-ring (bicyclic) bond motifs is 1. The van der Waals surface area contributed by atoms with Gasteiger partial charge in [0.05, 0.1) is 17.1 Å². The monoisotopic (exact) mass is 582 g/mol. The first kappa shape index (κ1) is 26.9. The van der Waals surface area contributed by atoms with E-state index in [-0.39, 0.29) is 42.4 Å². The highest BCUT2D eigenvalue weighted by Gasteiger charge is 2.23. The van der Waals surface area contributed by atoms with Gasteiger partial charge in [0.1, 0.15) is 0 Å². The number of carbonyl (C=O) groups excluding carboxylic acids is 1. The van der Waals surface area contributed by atoms with E-state index in [1.165, 1.54) is 16.7 Å². The number of hydrogen-bond acceptors (Lipinski definition) is 5. The third kappa shape index (κ3) is 5.75. The van der Waals surface area contributed by atoms with Gasteiger partial charge in [0, 0.05) is 35.0 Å². The summed E-state index contributed by atoms with van der Waals surface area (Å²) in [5, 5.41) is 10.1. The highest BCUT2D eigenvalue weighted by atomic mass is 79.9. The number of rotatable bonds is 10. The molecule has 4 aromatic rings. The lowest BCUT2D eigenvalue weighted by Crippen LogP contribution is -2.28. The van der Waals surface area contributed by atoms with E-state index in [0.29, 0.717) is 34.0 Å². The van der Waals surface area contributed by atoms with E-state index in [1.807, 2.05) is 36.4 Å². The molecule has 1 heterocycles. The number of carbonyl (C=O) groups is 1. The largest absolute Gasteiger partial charge is 0.396 e. The lowest BCUT2D eigenvalue weighted by atomic mass is 9.94. The summed E-state index contributed by atoms with van der Waals surface area (Å²) in [7, 11) is -3.72. The van der Waals surface area contributed by atoms with Gasteiger partial charge in [0.25, 0.3) is 5.56 Å². The first-order valence-electron chi connectivity index (χ1n) is 11.9. The van der Waals surface area contributed by atoms with Crippen LogP contribution < -0.4 is 10.3 Å². The minimum Gasteiger partial charge on any atom is -0.396 e. The molecule has 4 rings (SSSR count). The molecule has 3 aromatic carbocycles. The van der Waals surface area contributed by atoms with Crippen molar-refractivity contribution in [3.05, 3.63) is 98.9 Å². The van der Waals surface area contributed by atoms with Gasteiger partial charge in [-0.15, -0.1) is 0 Å². The average molecular weight is 584 g/mol. The number of ketones is 1. The Hall–Kier alpha value is -3.11. The summed E-state index contributed by atoms with van der Waals surface area (Å²) in [6.45, 7) is 1.89. The van der Waals surface area contributed by atoms with Gasteiger partial charge >= 0.3 is 0 Å². The van der Waals surface area contributed by atoms with E-state index in [2.05, 4.69) is 20.7 Å². The molecule has 0 saturated heterocycles. The zero-order valence-electron chi connectivity index (χ0n) is 20.3.